The van der Waals surface area contributed by atoms with Crippen LogP contribution in [0.2, 0.25) is 0 Å². The van der Waals surface area contributed by atoms with E-state index in [9.17, 15) is 10.1 Å². The van der Waals surface area contributed by atoms with Crippen molar-refractivity contribution in [3.05, 3.63) is 40.3 Å². The van der Waals surface area contributed by atoms with Gasteiger partial charge in [-0.2, -0.15) is 0 Å². The second kappa shape index (κ2) is 8.23. The highest BCUT2D eigenvalue weighted by Gasteiger charge is 2.19. The van der Waals surface area contributed by atoms with Crippen molar-refractivity contribution in [2.45, 2.75) is 29.9 Å². The van der Waals surface area contributed by atoms with Gasteiger partial charge in [0.1, 0.15) is 0 Å². The standard InChI is InChI=1S/C15H16N6O3S2/c1-3-8-16-14-19-20-15(26-14)25-9(2)12-17-18-13(24-12)10-4-6-11(7-5-10)21(22)23/h4-7,9H,3,8H2,1-2H3,(H,16,19). The number of nitrogens with zero attached hydrogens (tertiary/aromatic N) is 5. The Hall–Kier alpha value is -2.53. The van der Waals surface area contributed by atoms with E-state index < -0.39 is 4.92 Å². The average molecular weight is 392 g/mol. The first-order valence-corrected chi connectivity index (χ1v) is 9.58. The second-order valence-electron chi connectivity index (χ2n) is 5.31. The highest BCUT2D eigenvalue weighted by atomic mass is 32.2. The number of nitro groups is 1. The Balaban J connectivity index is 1.66. The summed E-state index contributed by atoms with van der Waals surface area (Å²) in [5.74, 6) is 0.784. The fourth-order valence-corrected chi connectivity index (χ4v) is 3.96. The molecule has 1 atom stereocenters. The predicted octanol–water partition coefficient (Wildman–Crippen LogP) is 4.17. The smallest absolute Gasteiger partial charge is 0.269 e. The minimum atomic E-state index is -0.451. The van der Waals surface area contributed by atoms with Crippen LogP contribution in [0.25, 0.3) is 11.5 Å². The molecule has 26 heavy (non-hydrogen) atoms. The number of thioether (sulfide) groups is 1. The third-order valence-electron chi connectivity index (χ3n) is 3.32. The maximum absolute atomic E-state index is 10.7. The van der Waals surface area contributed by atoms with E-state index in [-0.39, 0.29) is 10.9 Å². The summed E-state index contributed by atoms with van der Waals surface area (Å²) in [4.78, 5) is 10.3. The van der Waals surface area contributed by atoms with Gasteiger partial charge in [-0.15, -0.1) is 20.4 Å². The van der Waals surface area contributed by atoms with Gasteiger partial charge in [0.05, 0.1) is 10.2 Å². The van der Waals surface area contributed by atoms with E-state index in [4.69, 9.17) is 4.42 Å². The van der Waals surface area contributed by atoms with Crippen molar-refractivity contribution in [2.75, 3.05) is 11.9 Å². The van der Waals surface area contributed by atoms with E-state index in [0.717, 1.165) is 22.4 Å². The van der Waals surface area contributed by atoms with E-state index in [1.165, 1.54) is 35.2 Å². The average Bonchev–Trinajstić information content (AvgIpc) is 3.29. The van der Waals surface area contributed by atoms with Crippen LogP contribution in [0.5, 0.6) is 0 Å². The number of hydrogen-bond donors (Lipinski definition) is 1. The van der Waals surface area contributed by atoms with E-state index in [1.807, 2.05) is 6.92 Å². The summed E-state index contributed by atoms with van der Waals surface area (Å²) in [6, 6.07) is 5.99. The van der Waals surface area contributed by atoms with E-state index in [1.54, 1.807) is 12.1 Å². The zero-order valence-corrected chi connectivity index (χ0v) is 15.7. The van der Waals surface area contributed by atoms with Crippen molar-refractivity contribution in [1.82, 2.24) is 20.4 Å². The Labute approximate surface area is 157 Å². The van der Waals surface area contributed by atoms with Crippen molar-refractivity contribution in [2.24, 2.45) is 0 Å². The lowest BCUT2D eigenvalue weighted by Gasteiger charge is -2.02. The lowest BCUT2D eigenvalue weighted by Crippen LogP contribution is -1.98. The van der Waals surface area contributed by atoms with Gasteiger partial charge in [0.2, 0.25) is 16.9 Å². The van der Waals surface area contributed by atoms with Gasteiger partial charge >= 0.3 is 0 Å². The molecule has 2 aromatic heterocycles. The first kappa shape index (κ1) is 18.3. The van der Waals surface area contributed by atoms with Crippen LogP contribution in [0.1, 0.15) is 31.4 Å². The number of nitrogens with one attached hydrogen (secondary N) is 1. The molecular weight excluding hydrogens is 376 g/mol. The SMILES string of the molecule is CCCNc1nnc(SC(C)c2nnc(-c3ccc([N+](=O)[O-])cc3)o2)s1. The van der Waals surface area contributed by atoms with Gasteiger partial charge in [0.15, 0.2) is 4.34 Å². The monoisotopic (exact) mass is 392 g/mol. The van der Waals surface area contributed by atoms with E-state index in [2.05, 4.69) is 32.6 Å². The molecule has 136 valence electrons. The molecule has 0 saturated heterocycles. The third-order valence-corrected chi connectivity index (χ3v) is 5.38. The molecule has 0 amide bonds. The van der Waals surface area contributed by atoms with Gasteiger partial charge < -0.3 is 9.73 Å². The van der Waals surface area contributed by atoms with Crippen LogP contribution in [-0.2, 0) is 0 Å². The molecule has 0 saturated carbocycles. The minimum Gasteiger partial charge on any atom is -0.419 e. The number of benzene rings is 1. The van der Waals surface area contributed by atoms with Gasteiger partial charge in [-0.1, -0.05) is 30.0 Å². The van der Waals surface area contributed by atoms with Crippen molar-refractivity contribution in [3.63, 3.8) is 0 Å². The van der Waals surface area contributed by atoms with Crippen molar-refractivity contribution < 1.29 is 9.34 Å². The Bertz CT molecular complexity index is 880. The second-order valence-corrected chi connectivity index (χ2v) is 7.87. The van der Waals surface area contributed by atoms with Gasteiger partial charge in [0, 0.05) is 24.2 Å². The number of hydrogen-bond acceptors (Lipinski definition) is 10. The Morgan fingerprint density at radius 3 is 2.73 bits per heavy atom. The highest BCUT2D eigenvalue weighted by Crippen LogP contribution is 2.37. The molecular formula is C15H16N6O3S2. The summed E-state index contributed by atoms with van der Waals surface area (Å²) >= 11 is 2.96. The van der Waals surface area contributed by atoms with Gasteiger partial charge in [-0.05, 0) is 25.5 Å². The lowest BCUT2D eigenvalue weighted by atomic mass is 10.2. The molecule has 1 aromatic carbocycles. The number of rotatable bonds is 8. The largest absolute Gasteiger partial charge is 0.419 e. The molecule has 0 aliphatic heterocycles. The molecule has 0 fully saturated rings. The molecule has 2 heterocycles. The normalized spacial score (nSPS) is 12.1. The molecule has 1 N–H and O–H groups in total. The summed E-state index contributed by atoms with van der Waals surface area (Å²) in [6.07, 6.45) is 1.02. The highest BCUT2D eigenvalue weighted by molar-refractivity contribution is 8.01. The Kier molecular flexibility index (Phi) is 5.78. The maximum atomic E-state index is 10.7. The van der Waals surface area contributed by atoms with Gasteiger partial charge in [-0.3, -0.25) is 10.1 Å². The molecule has 9 nitrogen and oxygen atoms in total. The molecule has 0 spiro atoms. The van der Waals surface area contributed by atoms with Crippen LogP contribution < -0.4 is 5.32 Å². The fourth-order valence-electron chi connectivity index (χ4n) is 2.00. The quantitative estimate of drug-likeness (QED) is 0.342. The zero-order valence-electron chi connectivity index (χ0n) is 14.1. The number of aromatic nitrogens is 4. The zero-order chi connectivity index (χ0) is 18.5. The molecule has 0 aliphatic rings. The van der Waals surface area contributed by atoms with Crippen molar-refractivity contribution >= 4 is 33.9 Å². The van der Waals surface area contributed by atoms with Gasteiger partial charge in [-0.25, -0.2) is 0 Å². The van der Waals surface area contributed by atoms with Crippen molar-refractivity contribution in [1.29, 1.82) is 0 Å². The molecule has 11 heteroatoms. The fraction of sp³-hybridized carbons (Fsp3) is 0.333. The predicted molar refractivity (Wildman–Crippen MR) is 99.4 cm³/mol. The minimum absolute atomic E-state index is 0.0150. The number of non-ortho nitro benzene ring substituents is 1. The third kappa shape index (κ3) is 4.35. The van der Waals surface area contributed by atoms with Gasteiger partial charge in [0.25, 0.3) is 5.69 Å². The van der Waals surface area contributed by atoms with Crippen LogP contribution in [0.3, 0.4) is 0 Å². The van der Waals surface area contributed by atoms with E-state index in [0.29, 0.717) is 17.3 Å². The Morgan fingerprint density at radius 1 is 1.27 bits per heavy atom. The Morgan fingerprint density at radius 2 is 2.04 bits per heavy atom. The van der Waals surface area contributed by atoms with Crippen LogP contribution >= 0.6 is 23.1 Å². The molecule has 3 aromatic rings. The molecule has 0 radical (unpaired) electrons. The summed E-state index contributed by atoms with van der Waals surface area (Å²) in [7, 11) is 0. The summed E-state index contributed by atoms with van der Waals surface area (Å²) in [6.45, 7) is 4.89. The number of nitro benzene ring substituents is 1. The first-order valence-electron chi connectivity index (χ1n) is 7.89. The summed E-state index contributed by atoms with van der Waals surface area (Å²) in [5, 5.41) is 30.9. The van der Waals surface area contributed by atoms with E-state index >= 15 is 0 Å². The van der Waals surface area contributed by atoms with Crippen LogP contribution in [-0.4, -0.2) is 31.9 Å². The molecule has 1 unspecified atom stereocenters. The number of anilines is 1. The van der Waals surface area contributed by atoms with Crippen molar-refractivity contribution in [3.8, 4) is 11.5 Å². The topological polar surface area (TPSA) is 120 Å². The summed E-state index contributed by atoms with van der Waals surface area (Å²) in [5.41, 5.74) is 0.648. The lowest BCUT2D eigenvalue weighted by molar-refractivity contribution is -0.384. The van der Waals surface area contributed by atoms with Crippen LogP contribution in [0.4, 0.5) is 10.8 Å². The van der Waals surface area contributed by atoms with Crippen LogP contribution in [0.15, 0.2) is 33.0 Å². The molecule has 0 aliphatic carbocycles. The maximum Gasteiger partial charge on any atom is 0.269 e. The molecule has 0 bridgehead atoms. The summed E-state index contributed by atoms with van der Waals surface area (Å²) < 4.78 is 6.51. The van der Waals surface area contributed by atoms with Crippen LogP contribution in [0, 0.1) is 10.1 Å². The first-order chi connectivity index (χ1) is 12.6. The molecule has 3 rings (SSSR count).